The summed E-state index contributed by atoms with van der Waals surface area (Å²) in [6.07, 6.45) is 5.84. The van der Waals surface area contributed by atoms with Crippen LogP contribution in [0, 0.1) is 34.0 Å². The van der Waals surface area contributed by atoms with Crippen molar-refractivity contribution >= 4 is 5.97 Å². The molecule has 2 bridgehead atoms. The van der Waals surface area contributed by atoms with Crippen LogP contribution in [0.1, 0.15) is 29.2 Å². The molecule has 3 atom stereocenters. The molecule has 2 aliphatic rings. The summed E-state index contributed by atoms with van der Waals surface area (Å²) < 4.78 is 10.1. The topological polar surface area (TPSA) is 99.1 Å². The Balaban J connectivity index is 1.96. The third-order valence-corrected chi connectivity index (χ3v) is 5.01. The summed E-state index contributed by atoms with van der Waals surface area (Å²) >= 11 is 0. The van der Waals surface area contributed by atoms with E-state index in [-0.39, 0.29) is 30.2 Å². The number of carbonyl (C=O) groups is 1. The number of esters is 1. The van der Waals surface area contributed by atoms with Crippen molar-refractivity contribution in [2.75, 3.05) is 7.11 Å². The summed E-state index contributed by atoms with van der Waals surface area (Å²) in [6, 6.07) is 7.85. The first-order valence-corrected chi connectivity index (χ1v) is 8.17. The number of nitrogens with one attached hydrogen (secondary N) is 1. The molecule has 1 N–H and O–H groups in total. The second-order valence-electron chi connectivity index (χ2n) is 6.40. The maximum Gasteiger partial charge on any atom is 0.373 e. The van der Waals surface area contributed by atoms with E-state index < -0.39 is 11.4 Å². The molecule has 128 valence electrons. The fourth-order valence-electron chi connectivity index (χ4n) is 3.76. The van der Waals surface area contributed by atoms with Crippen molar-refractivity contribution in [1.29, 1.82) is 10.5 Å². The molecule has 1 aromatic heterocycles. The Morgan fingerprint density at radius 1 is 1.48 bits per heavy atom. The van der Waals surface area contributed by atoms with Gasteiger partial charge in [-0.3, -0.25) is 0 Å². The van der Waals surface area contributed by atoms with E-state index in [1.165, 1.54) is 13.2 Å². The van der Waals surface area contributed by atoms with Gasteiger partial charge in [-0.15, -0.1) is 6.58 Å². The molecular weight excluding hydrogens is 318 g/mol. The van der Waals surface area contributed by atoms with Gasteiger partial charge in [-0.2, -0.15) is 10.5 Å². The van der Waals surface area contributed by atoms with Gasteiger partial charge >= 0.3 is 5.97 Å². The van der Waals surface area contributed by atoms with Crippen molar-refractivity contribution in [2.45, 2.75) is 31.3 Å². The van der Waals surface area contributed by atoms with Gasteiger partial charge in [0.1, 0.15) is 5.76 Å². The zero-order valence-corrected chi connectivity index (χ0v) is 14.0. The monoisotopic (exact) mass is 337 g/mol. The molecular formula is C19H19N3O3. The Kier molecular flexibility index (Phi) is 4.48. The molecule has 0 spiro atoms. The maximum atomic E-state index is 11.5. The summed E-state index contributed by atoms with van der Waals surface area (Å²) in [7, 11) is 1.27. The van der Waals surface area contributed by atoms with Gasteiger partial charge in [0.05, 0.1) is 19.2 Å². The number of nitrogens with zero attached hydrogens (tertiary/aromatic N) is 2. The van der Waals surface area contributed by atoms with Crippen LogP contribution in [0.3, 0.4) is 0 Å². The molecule has 25 heavy (non-hydrogen) atoms. The molecule has 6 nitrogen and oxygen atoms in total. The van der Waals surface area contributed by atoms with Crippen LogP contribution < -0.4 is 5.32 Å². The SMILES string of the molecule is C=C[C@@H]1C(C(C#N)(C#N)Cc2ccc(C(=O)OC)o2)=CC2CCC1N2. The number of ether oxygens (including phenoxy) is 1. The summed E-state index contributed by atoms with van der Waals surface area (Å²) in [5, 5.41) is 23.2. The third-order valence-electron chi connectivity index (χ3n) is 5.01. The second-order valence-corrected chi connectivity index (χ2v) is 6.40. The standard InChI is InChI=1S/C19H19N3O3/c1-3-14-15(8-12-4-6-16(14)22-12)19(10-20,11-21)9-13-5-7-17(25-13)18(23)24-2/h3,5,7-8,12,14,16,22H,1,4,6,9H2,2H3/t12?,14-,16?/m1/s1. The average molecular weight is 337 g/mol. The first kappa shape index (κ1) is 17.0. The maximum absolute atomic E-state index is 11.5. The van der Waals surface area contributed by atoms with E-state index in [0.717, 1.165) is 18.4 Å². The minimum absolute atomic E-state index is 0.0573. The molecule has 1 aromatic rings. The quantitative estimate of drug-likeness (QED) is 0.654. The fourth-order valence-corrected chi connectivity index (χ4v) is 3.76. The number of rotatable bonds is 5. The molecule has 3 heterocycles. The van der Waals surface area contributed by atoms with Crippen LogP contribution in [0.4, 0.5) is 0 Å². The van der Waals surface area contributed by atoms with Gasteiger partial charge in [-0.1, -0.05) is 12.2 Å². The third kappa shape index (κ3) is 2.86. The Labute approximate surface area is 146 Å². The van der Waals surface area contributed by atoms with E-state index in [1.54, 1.807) is 12.1 Å². The first-order chi connectivity index (χ1) is 12.1. The zero-order valence-electron chi connectivity index (χ0n) is 14.0. The van der Waals surface area contributed by atoms with Crippen LogP contribution >= 0.6 is 0 Å². The minimum Gasteiger partial charge on any atom is -0.463 e. The lowest BCUT2D eigenvalue weighted by Gasteiger charge is -2.34. The van der Waals surface area contributed by atoms with E-state index in [2.05, 4.69) is 28.8 Å². The lowest BCUT2D eigenvalue weighted by molar-refractivity contribution is 0.0562. The Bertz CT molecular complexity index is 795. The fraction of sp³-hybridized carbons (Fsp3) is 0.421. The lowest BCUT2D eigenvalue weighted by atomic mass is 9.70. The number of nitriles is 2. The van der Waals surface area contributed by atoms with Crippen molar-refractivity contribution < 1.29 is 13.9 Å². The molecule has 0 aliphatic carbocycles. The van der Waals surface area contributed by atoms with Crippen molar-refractivity contribution in [1.82, 2.24) is 5.32 Å². The van der Waals surface area contributed by atoms with Gasteiger partial charge in [0.15, 0.2) is 5.41 Å². The average Bonchev–Trinajstić information content (AvgIpc) is 3.26. The lowest BCUT2D eigenvalue weighted by Crippen LogP contribution is -2.43. The smallest absolute Gasteiger partial charge is 0.373 e. The summed E-state index contributed by atoms with van der Waals surface area (Å²) in [5.74, 6) is -0.207. The normalized spacial score (nSPS) is 24.8. The predicted octanol–water partition coefficient (Wildman–Crippen LogP) is 2.51. The summed E-state index contributed by atoms with van der Waals surface area (Å²) in [4.78, 5) is 11.5. The van der Waals surface area contributed by atoms with E-state index in [9.17, 15) is 15.3 Å². The minimum atomic E-state index is -1.35. The van der Waals surface area contributed by atoms with Crippen molar-refractivity contribution in [3.05, 3.63) is 48.0 Å². The van der Waals surface area contributed by atoms with Gasteiger partial charge in [0, 0.05) is 24.4 Å². The molecule has 0 radical (unpaired) electrons. The van der Waals surface area contributed by atoms with Crippen molar-refractivity contribution in [3.63, 3.8) is 0 Å². The van der Waals surface area contributed by atoms with Gasteiger partial charge in [0.2, 0.25) is 5.76 Å². The number of fused-ring (bicyclic) bond motifs is 2. The highest BCUT2D eigenvalue weighted by Gasteiger charge is 2.46. The molecule has 0 saturated carbocycles. The van der Waals surface area contributed by atoms with Gasteiger partial charge in [0.25, 0.3) is 0 Å². The molecule has 2 aliphatic heterocycles. The number of hydrogen-bond acceptors (Lipinski definition) is 6. The van der Waals surface area contributed by atoms with Gasteiger partial charge < -0.3 is 14.5 Å². The first-order valence-electron chi connectivity index (χ1n) is 8.17. The molecule has 6 heteroatoms. The van der Waals surface area contributed by atoms with Crippen LogP contribution in [-0.4, -0.2) is 25.2 Å². The van der Waals surface area contributed by atoms with E-state index >= 15 is 0 Å². The Hall–Kier alpha value is -2.83. The summed E-state index contributed by atoms with van der Waals surface area (Å²) in [6.45, 7) is 3.89. The van der Waals surface area contributed by atoms with E-state index in [1.807, 2.05) is 6.08 Å². The van der Waals surface area contributed by atoms with Gasteiger partial charge in [-0.25, -0.2) is 4.79 Å². The second kappa shape index (κ2) is 6.58. The van der Waals surface area contributed by atoms with E-state index in [0.29, 0.717) is 5.76 Å². The zero-order chi connectivity index (χ0) is 18.0. The molecule has 0 aromatic carbocycles. The predicted molar refractivity (Wildman–Crippen MR) is 89.1 cm³/mol. The van der Waals surface area contributed by atoms with Crippen molar-refractivity contribution in [3.8, 4) is 12.1 Å². The molecule has 3 rings (SSSR count). The van der Waals surface area contributed by atoms with Crippen LogP contribution in [0.2, 0.25) is 0 Å². The van der Waals surface area contributed by atoms with Gasteiger partial charge in [-0.05, 0) is 30.5 Å². The molecule has 1 fully saturated rings. The number of carbonyl (C=O) groups excluding carboxylic acids is 1. The van der Waals surface area contributed by atoms with Crippen molar-refractivity contribution in [2.24, 2.45) is 11.3 Å². The molecule has 2 unspecified atom stereocenters. The Morgan fingerprint density at radius 2 is 2.24 bits per heavy atom. The number of furan rings is 1. The highest BCUT2D eigenvalue weighted by atomic mass is 16.5. The Morgan fingerprint density at radius 3 is 2.88 bits per heavy atom. The van der Waals surface area contributed by atoms with Crippen LogP contribution in [0.25, 0.3) is 0 Å². The number of methoxy groups -OCH3 is 1. The highest BCUT2D eigenvalue weighted by molar-refractivity contribution is 5.86. The van der Waals surface area contributed by atoms with Crippen LogP contribution in [0.15, 0.2) is 40.9 Å². The number of hydrogen-bond donors (Lipinski definition) is 1. The summed E-state index contributed by atoms with van der Waals surface area (Å²) in [5.41, 5.74) is -0.581. The molecule has 0 amide bonds. The van der Waals surface area contributed by atoms with Crippen LogP contribution in [0.5, 0.6) is 0 Å². The van der Waals surface area contributed by atoms with Crippen LogP contribution in [-0.2, 0) is 11.2 Å². The highest BCUT2D eigenvalue weighted by Crippen LogP contribution is 2.43. The molecule has 1 saturated heterocycles. The van der Waals surface area contributed by atoms with E-state index in [4.69, 9.17) is 4.42 Å². The largest absolute Gasteiger partial charge is 0.463 e.